The molecule has 5 heteroatoms. The number of hydrogen-bond acceptors (Lipinski definition) is 3. The Bertz CT molecular complexity index is 551. The maximum atomic E-state index is 13.6. The molecule has 4 nitrogen and oxygen atoms in total. The molecule has 0 bridgehead atoms. The van der Waals surface area contributed by atoms with Crippen LogP contribution in [-0.4, -0.2) is 23.6 Å². The third-order valence-electron chi connectivity index (χ3n) is 2.74. The summed E-state index contributed by atoms with van der Waals surface area (Å²) in [6.07, 6.45) is 0.680. The number of rotatable bonds is 4. The van der Waals surface area contributed by atoms with Gasteiger partial charge in [0.1, 0.15) is 5.82 Å². The molecule has 0 radical (unpaired) electrons. The van der Waals surface area contributed by atoms with Crippen LogP contribution >= 0.6 is 0 Å². The number of aryl methyl sites for hydroxylation is 1. The highest BCUT2D eigenvalue weighted by molar-refractivity contribution is 5.63. The van der Waals surface area contributed by atoms with Gasteiger partial charge in [-0.3, -0.25) is 0 Å². The normalized spacial score (nSPS) is 10.7. The summed E-state index contributed by atoms with van der Waals surface area (Å²) in [5.74, 6) is 0.660. The molecule has 3 N–H and O–H groups in total. The average Bonchev–Trinajstić information content (AvgIpc) is 2.71. The fraction of sp³-hybridized carbons (Fsp3) is 0.308. The molecule has 1 heterocycles. The Morgan fingerprint density at radius 1 is 1.44 bits per heavy atom. The Kier molecular flexibility index (Phi) is 3.62. The van der Waals surface area contributed by atoms with Gasteiger partial charge < -0.3 is 15.5 Å². The van der Waals surface area contributed by atoms with Crippen molar-refractivity contribution in [2.45, 2.75) is 13.3 Å². The molecular weight excluding hydrogens is 233 g/mol. The molecule has 0 aliphatic rings. The molecule has 96 valence electrons. The van der Waals surface area contributed by atoms with E-state index >= 15 is 0 Å². The molecule has 0 atom stereocenters. The van der Waals surface area contributed by atoms with Crippen LogP contribution in [0, 0.1) is 12.7 Å². The van der Waals surface area contributed by atoms with Gasteiger partial charge >= 0.3 is 0 Å². The van der Waals surface area contributed by atoms with E-state index in [1.54, 1.807) is 12.1 Å². The lowest BCUT2D eigenvalue weighted by atomic mass is 10.1. The Morgan fingerprint density at radius 3 is 2.83 bits per heavy atom. The first-order valence-corrected chi connectivity index (χ1v) is 5.75. The van der Waals surface area contributed by atoms with E-state index in [2.05, 4.69) is 9.97 Å². The minimum atomic E-state index is -0.391. The number of ether oxygens (including phenoxy) is 1. The molecule has 0 fully saturated rings. The number of benzene rings is 1. The molecule has 0 amide bonds. The molecule has 0 aliphatic heterocycles. The SMILES string of the molecule is COc1ccc(-c2nc(CCN)[nH]c2C)cc1F. The number of aromatic nitrogens is 2. The largest absolute Gasteiger partial charge is 0.494 e. The van der Waals surface area contributed by atoms with Crippen LogP contribution in [0.2, 0.25) is 0 Å². The van der Waals surface area contributed by atoms with Crippen LogP contribution in [0.1, 0.15) is 11.5 Å². The van der Waals surface area contributed by atoms with E-state index in [-0.39, 0.29) is 5.75 Å². The monoisotopic (exact) mass is 249 g/mol. The fourth-order valence-electron chi connectivity index (χ4n) is 1.87. The number of aromatic amines is 1. The first-order chi connectivity index (χ1) is 8.65. The Hall–Kier alpha value is -1.88. The van der Waals surface area contributed by atoms with Crippen LogP contribution in [0.25, 0.3) is 11.3 Å². The number of hydrogen-bond donors (Lipinski definition) is 2. The third-order valence-corrected chi connectivity index (χ3v) is 2.74. The molecule has 0 aliphatic carbocycles. The van der Waals surface area contributed by atoms with Crippen LogP contribution in [0.5, 0.6) is 5.75 Å². The van der Waals surface area contributed by atoms with E-state index in [1.807, 2.05) is 6.92 Å². The zero-order valence-electron chi connectivity index (χ0n) is 10.5. The summed E-state index contributed by atoms with van der Waals surface area (Å²) >= 11 is 0. The van der Waals surface area contributed by atoms with Gasteiger partial charge in [0.25, 0.3) is 0 Å². The summed E-state index contributed by atoms with van der Waals surface area (Å²) < 4.78 is 18.5. The number of nitrogens with one attached hydrogen (secondary N) is 1. The standard InChI is InChI=1S/C13H16FN3O/c1-8-13(17-12(16-8)5-6-15)9-3-4-11(18-2)10(14)7-9/h3-4,7H,5-6,15H2,1-2H3,(H,16,17). The fourth-order valence-corrected chi connectivity index (χ4v) is 1.87. The average molecular weight is 249 g/mol. The summed E-state index contributed by atoms with van der Waals surface area (Å²) in [4.78, 5) is 7.57. The predicted molar refractivity (Wildman–Crippen MR) is 68.0 cm³/mol. The van der Waals surface area contributed by atoms with Gasteiger partial charge in [-0.05, 0) is 31.7 Å². The molecule has 0 saturated heterocycles. The van der Waals surface area contributed by atoms with Crippen molar-refractivity contribution in [2.24, 2.45) is 5.73 Å². The van der Waals surface area contributed by atoms with Crippen molar-refractivity contribution in [3.8, 4) is 17.0 Å². The van der Waals surface area contributed by atoms with Crippen molar-refractivity contribution in [3.05, 3.63) is 35.5 Å². The topological polar surface area (TPSA) is 63.9 Å². The summed E-state index contributed by atoms with van der Waals surface area (Å²) in [5, 5.41) is 0. The number of nitrogens with zero attached hydrogens (tertiary/aromatic N) is 1. The number of methoxy groups -OCH3 is 1. The highest BCUT2D eigenvalue weighted by atomic mass is 19.1. The number of halogens is 1. The minimum Gasteiger partial charge on any atom is -0.494 e. The molecular formula is C13H16FN3O. The molecule has 1 aromatic heterocycles. The lowest BCUT2D eigenvalue weighted by Crippen LogP contribution is -2.03. The minimum absolute atomic E-state index is 0.231. The van der Waals surface area contributed by atoms with Crippen LogP contribution in [0.15, 0.2) is 18.2 Å². The maximum absolute atomic E-state index is 13.6. The molecule has 1 aromatic carbocycles. The van der Waals surface area contributed by atoms with E-state index in [9.17, 15) is 4.39 Å². The van der Waals surface area contributed by atoms with Gasteiger partial charge in [0, 0.05) is 17.7 Å². The van der Waals surface area contributed by atoms with Crippen molar-refractivity contribution in [2.75, 3.05) is 13.7 Å². The van der Waals surface area contributed by atoms with Gasteiger partial charge in [-0.15, -0.1) is 0 Å². The van der Waals surface area contributed by atoms with Crippen LogP contribution in [0.3, 0.4) is 0 Å². The van der Waals surface area contributed by atoms with E-state index in [1.165, 1.54) is 13.2 Å². The maximum Gasteiger partial charge on any atom is 0.165 e. The van der Waals surface area contributed by atoms with Gasteiger partial charge in [-0.25, -0.2) is 9.37 Å². The summed E-state index contributed by atoms with van der Waals surface area (Å²) in [6.45, 7) is 2.44. The van der Waals surface area contributed by atoms with Crippen molar-refractivity contribution < 1.29 is 9.13 Å². The zero-order valence-corrected chi connectivity index (χ0v) is 10.5. The van der Waals surface area contributed by atoms with Gasteiger partial charge in [0.2, 0.25) is 0 Å². The third kappa shape index (κ3) is 2.36. The van der Waals surface area contributed by atoms with Crippen molar-refractivity contribution >= 4 is 0 Å². The smallest absolute Gasteiger partial charge is 0.165 e. The lowest BCUT2D eigenvalue weighted by Gasteiger charge is -2.03. The second kappa shape index (κ2) is 5.18. The molecule has 0 spiro atoms. The van der Waals surface area contributed by atoms with E-state index < -0.39 is 5.82 Å². The van der Waals surface area contributed by atoms with Gasteiger partial charge in [0.05, 0.1) is 12.8 Å². The predicted octanol–water partition coefficient (Wildman–Crippen LogP) is 2.03. The number of imidazole rings is 1. The van der Waals surface area contributed by atoms with E-state index in [0.717, 1.165) is 22.8 Å². The van der Waals surface area contributed by atoms with E-state index in [4.69, 9.17) is 10.5 Å². The first kappa shape index (κ1) is 12.6. The number of nitrogens with two attached hydrogens (primary N) is 1. The van der Waals surface area contributed by atoms with Crippen LogP contribution in [0.4, 0.5) is 4.39 Å². The lowest BCUT2D eigenvalue weighted by molar-refractivity contribution is 0.386. The zero-order chi connectivity index (χ0) is 13.1. The summed E-state index contributed by atoms with van der Waals surface area (Å²) in [5.41, 5.74) is 7.87. The van der Waals surface area contributed by atoms with Crippen LogP contribution in [-0.2, 0) is 6.42 Å². The molecule has 2 rings (SSSR count). The quantitative estimate of drug-likeness (QED) is 0.871. The highest BCUT2D eigenvalue weighted by Crippen LogP contribution is 2.26. The van der Waals surface area contributed by atoms with E-state index in [0.29, 0.717) is 13.0 Å². The second-order valence-electron chi connectivity index (χ2n) is 4.05. The summed E-state index contributed by atoms with van der Waals surface area (Å²) in [6, 6.07) is 4.81. The van der Waals surface area contributed by atoms with Crippen molar-refractivity contribution in [1.29, 1.82) is 0 Å². The summed E-state index contributed by atoms with van der Waals surface area (Å²) in [7, 11) is 1.44. The molecule has 0 saturated carbocycles. The molecule has 18 heavy (non-hydrogen) atoms. The number of H-pyrrole nitrogens is 1. The Morgan fingerprint density at radius 2 is 2.22 bits per heavy atom. The molecule has 0 unspecified atom stereocenters. The second-order valence-corrected chi connectivity index (χ2v) is 4.05. The highest BCUT2D eigenvalue weighted by Gasteiger charge is 2.11. The molecule has 2 aromatic rings. The van der Waals surface area contributed by atoms with Gasteiger partial charge in [-0.1, -0.05) is 0 Å². The Labute approximate surface area is 105 Å². The van der Waals surface area contributed by atoms with Gasteiger partial charge in [0.15, 0.2) is 11.6 Å². The van der Waals surface area contributed by atoms with Crippen molar-refractivity contribution in [1.82, 2.24) is 9.97 Å². The van der Waals surface area contributed by atoms with Gasteiger partial charge in [-0.2, -0.15) is 0 Å². The first-order valence-electron chi connectivity index (χ1n) is 5.75. The van der Waals surface area contributed by atoms with Crippen LogP contribution < -0.4 is 10.5 Å². The Balaban J connectivity index is 2.39. The van der Waals surface area contributed by atoms with Crippen molar-refractivity contribution in [3.63, 3.8) is 0 Å².